The lowest BCUT2D eigenvalue weighted by Gasteiger charge is -2.31. The Morgan fingerprint density at radius 1 is 1.04 bits per heavy atom. The predicted molar refractivity (Wildman–Crippen MR) is 104 cm³/mol. The molecule has 1 atom stereocenters. The van der Waals surface area contributed by atoms with Crippen LogP contribution in [0.4, 0.5) is 10.5 Å². The van der Waals surface area contributed by atoms with E-state index in [0.29, 0.717) is 5.69 Å². The minimum Gasteiger partial charge on any atom is -0.508 e. The first-order valence-corrected chi connectivity index (χ1v) is 8.62. The van der Waals surface area contributed by atoms with Crippen molar-refractivity contribution in [3.8, 4) is 16.9 Å². The standard InChI is InChI=1S/C21H25NO5/c1-14(19(24)26-5)22(20(25)27-21(2,3)4)18-9-7-6-8-17(18)15-10-12-16(23)13-11-15/h6-14,23H,1-5H3/t14-/m0/s1. The number of para-hydroxylation sites is 1. The zero-order valence-electron chi connectivity index (χ0n) is 16.2. The number of hydrogen-bond acceptors (Lipinski definition) is 5. The second kappa shape index (κ2) is 8.12. The molecule has 0 unspecified atom stereocenters. The second-order valence-corrected chi connectivity index (χ2v) is 7.11. The Morgan fingerprint density at radius 3 is 2.19 bits per heavy atom. The van der Waals surface area contributed by atoms with Gasteiger partial charge in [-0.3, -0.25) is 4.90 Å². The van der Waals surface area contributed by atoms with E-state index >= 15 is 0 Å². The van der Waals surface area contributed by atoms with Gasteiger partial charge in [-0.15, -0.1) is 0 Å². The molecular weight excluding hydrogens is 346 g/mol. The number of phenols is 1. The fourth-order valence-electron chi connectivity index (χ4n) is 2.62. The van der Waals surface area contributed by atoms with Gasteiger partial charge in [0.1, 0.15) is 17.4 Å². The van der Waals surface area contributed by atoms with Crippen LogP contribution in [0.5, 0.6) is 5.75 Å². The summed E-state index contributed by atoms with van der Waals surface area (Å²) in [5, 5.41) is 9.55. The van der Waals surface area contributed by atoms with Crippen LogP contribution in [0, 0.1) is 0 Å². The van der Waals surface area contributed by atoms with Crippen LogP contribution < -0.4 is 4.90 Å². The maximum absolute atomic E-state index is 12.9. The lowest BCUT2D eigenvalue weighted by molar-refractivity contribution is -0.141. The summed E-state index contributed by atoms with van der Waals surface area (Å²) in [5.41, 5.74) is 1.29. The maximum Gasteiger partial charge on any atom is 0.415 e. The fraction of sp³-hybridized carbons (Fsp3) is 0.333. The molecule has 2 aromatic rings. The molecule has 0 saturated heterocycles. The van der Waals surface area contributed by atoms with Gasteiger partial charge in [0.15, 0.2) is 0 Å². The average molecular weight is 371 g/mol. The van der Waals surface area contributed by atoms with Crippen molar-refractivity contribution < 1.29 is 24.2 Å². The Bertz CT molecular complexity index is 808. The minimum atomic E-state index is -0.886. The molecule has 0 spiro atoms. The molecular formula is C21H25NO5. The number of amides is 1. The van der Waals surface area contributed by atoms with E-state index < -0.39 is 23.7 Å². The van der Waals surface area contributed by atoms with E-state index in [4.69, 9.17) is 9.47 Å². The van der Waals surface area contributed by atoms with Gasteiger partial charge in [-0.1, -0.05) is 30.3 Å². The van der Waals surface area contributed by atoms with Crippen molar-refractivity contribution in [1.82, 2.24) is 0 Å². The highest BCUT2D eigenvalue weighted by Gasteiger charge is 2.33. The summed E-state index contributed by atoms with van der Waals surface area (Å²) in [5.74, 6) is -0.412. The Kier molecular flexibility index (Phi) is 6.10. The van der Waals surface area contributed by atoms with Crippen LogP contribution in [0.25, 0.3) is 11.1 Å². The first-order valence-electron chi connectivity index (χ1n) is 8.62. The molecule has 0 fully saturated rings. The summed E-state index contributed by atoms with van der Waals surface area (Å²) in [6.07, 6.45) is -0.647. The maximum atomic E-state index is 12.9. The van der Waals surface area contributed by atoms with Crippen molar-refractivity contribution in [3.05, 3.63) is 48.5 Å². The van der Waals surface area contributed by atoms with Crippen LogP contribution in [0.3, 0.4) is 0 Å². The second-order valence-electron chi connectivity index (χ2n) is 7.11. The van der Waals surface area contributed by atoms with Crippen molar-refractivity contribution in [3.63, 3.8) is 0 Å². The zero-order valence-corrected chi connectivity index (χ0v) is 16.2. The summed E-state index contributed by atoms with van der Waals surface area (Å²) < 4.78 is 10.4. The van der Waals surface area contributed by atoms with E-state index in [0.717, 1.165) is 11.1 Å². The molecule has 144 valence electrons. The number of phenolic OH excluding ortho intramolecular Hbond substituents is 1. The van der Waals surface area contributed by atoms with Crippen LogP contribution in [0.2, 0.25) is 0 Å². The number of ether oxygens (including phenoxy) is 2. The molecule has 1 amide bonds. The van der Waals surface area contributed by atoms with E-state index in [-0.39, 0.29) is 5.75 Å². The molecule has 0 bridgehead atoms. The predicted octanol–water partition coefficient (Wildman–Crippen LogP) is 4.36. The van der Waals surface area contributed by atoms with Gasteiger partial charge < -0.3 is 14.6 Å². The Labute approximate surface area is 159 Å². The highest BCUT2D eigenvalue weighted by Crippen LogP contribution is 2.34. The molecule has 0 aromatic heterocycles. The SMILES string of the molecule is COC(=O)[C@H](C)N(C(=O)OC(C)(C)C)c1ccccc1-c1ccc(O)cc1. The van der Waals surface area contributed by atoms with Gasteiger partial charge in [0, 0.05) is 5.56 Å². The molecule has 0 aliphatic heterocycles. The third-order valence-electron chi connectivity index (χ3n) is 3.86. The normalized spacial score (nSPS) is 12.2. The zero-order chi connectivity index (χ0) is 20.2. The molecule has 6 nitrogen and oxygen atoms in total. The van der Waals surface area contributed by atoms with Crippen molar-refractivity contribution in [2.75, 3.05) is 12.0 Å². The summed E-state index contributed by atoms with van der Waals surface area (Å²) in [4.78, 5) is 26.4. The van der Waals surface area contributed by atoms with Gasteiger partial charge in [-0.2, -0.15) is 0 Å². The van der Waals surface area contributed by atoms with Gasteiger partial charge in [-0.25, -0.2) is 9.59 Å². The van der Waals surface area contributed by atoms with Crippen molar-refractivity contribution in [2.45, 2.75) is 39.3 Å². The number of benzene rings is 2. The van der Waals surface area contributed by atoms with Crippen LogP contribution in [-0.4, -0.2) is 35.9 Å². The Hall–Kier alpha value is -3.02. The van der Waals surface area contributed by atoms with E-state index in [1.807, 2.05) is 12.1 Å². The van der Waals surface area contributed by atoms with Gasteiger partial charge in [-0.05, 0) is 51.5 Å². The molecule has 2 aromatic carbocycles. The number of aromatic hydroxyl groups is 1. The number of carbonyl (C=O) groups excluding carboxylic acids is 2. The molecule has 0 radical (unpaired) electrons. The van der Waals surface area contributed by atoms with Gasteiger partial charge in [0.2, 0.25) is 0 Å². The fourth-order valence-corrected chi connectivity index (χ4v) is 2.62. The first-order chi connectivity index (χ1) is 12.6. The molecule has 1 N–H and O–H groups in total. The average Bonchev–Trinajstić information content (AvgIpc) is 2.61. The summed E-state index contributed by atoms with van der Waals surface area (Å²) in [7, 11) is 1.28. The van der Waals surface area contributed by atoms with Crippen molar-refractivity contribution in [2.24, 2.45) is 0 Å². The van der Waals surface area contributed by atoms with E-state index in [1.165, 1.54) is 12.0 Å². The number of nitrogens with zero attached hydrogens (tertiary/aromatic N) is 1. The van der Waals surface area contributed by atoms with Crippen LogP contribution in [0.15, 0.2) is 48.5 Å². The molecule has 27 heavy (non-hydrogen) atoms. The number of methoxy groups -OCH3 is 1. The first kappa shape index (κ1) is 20.3. The van der Waals surface area contributed by atoms with Gasteiger partial charge in [0.05, 0.1) is 12.8 Å². The Balaban J connectivity index is 2.57. The highest BCUT2D eigenvalue weighted by molar-refractivity contribution is 5.99. The third-order valence-corrected chi connectivity index (χ3v) is 3.86. The number of esters is 1. The molecule has 0 aliphatic carbocycles. The molecule has 0 aliphatic rings. The summed E-state index contributed by atoms with van der Waals surface area (Å²) in [6, 6.07) is 12.9. The quantitative estimate of drug-likeness (QED) is 0.808. The largest absolute Gasteiger partial charge is 0.508 e. The van der Waals surface area contributed by atoms with Crippen LogP contribution in [-0.2, 0) is 14.3 Å². The van der Waals surface area contributed by atoms with E-state index in [1.54, 1.807) is 64.1 Å². The van der Waals surface area contributed by atoms with Gasteiger partial charge >= 0.3 is 12.1 Å². The lowest BCUT2D eigenvalue weighted by Crippen LogP contribution is -2.46. The number of rotatable bonds is 4. The van der Waals surface area contributed by atoms with Gasteiger partial charge in [0.25, 0.3) is 0 Å². The Morgan fingerprint density at radius 2 is 1.63 bits per heavy atom. The number of anilines is 1. The summed E-state index contributed by atoms with van der Waals surface area (Å²) in [6.45, 7) is 6.87. The molecule has 2 rings (SSSR count). The summed E-state index contributed by atoms with van der Waals surface area (Å²) >= 11 is 0. The topological polar surface area (TPSA) is 76.1 Å². The molecule has 0 saturated carbocycles. The smallest absolute Gasteiger partial charge is 0.415 e. The lowest BCUT2D eigenvalue weighted by atomic mass is 10.0. The highest BCUT2D eigenvalue weighted by atomic mass is 16.6. The molecule has 6 heteroatoms. The van der Waals surface area contributed by atoms with Crippen LogP contribution in [0.1, 0.15) is 27.7 Å². The van der Waals surface area contributed by atoms with E-state index in [9.17, 15) is 14.7 Å². The molecule has 0 heterocycles. The third kappa shape index (κ3) is 5.00. The van der Waals surface area contributed by atoms with Crippen molar-refractivity contribution in [1.29, 1.82) is 0 Å². The minimum absolute atomic E-state index is 0.142. The monoisotopic (exact) mass is 371 g/mol. The number of hydrogen-bond donors (Lipinski definition) is 1. The van der Waals surface area contributed by atoms with E-state index in [2.05, 4.69) is 0 Å². The number of carbonyl (C=O) groups is 2. The van der Waals surface area contributed by atoms with Crippen molar-refractivity contribution >= 4 is 17.7 Å². The van der Waals surface area contributed by atoms with Crippen LogP contribution >= 0.6 is 0 Å².